The molecule has 0 bridgehead atoms. The van der Waals surface area contributed by atoms with E-state index in [1.54, 1.807) is 12.1 Å². The number of benzene rings is 1. The van der Waals surface area contributed by atoms with E-state index >= 15 is 0 Å². The van der Waals surface area contributed by atoms with Crippen LogP contribution in [0.15, 0.2) is 42.5 Å². The van der Waals surface area contributed by atoms with Crippen LogP contribution < -0.4 is 4.72 Å². The Morgan fingerprint density at radius 3 is 2.66 bits per heavy atom. The monoisotopic (exact) mass is 417 g/mol. The maximum Gasteiger partial charge on any atom is 0.225 e. The van der Waals surface area contributed by atoms with Gasteiger partial charge in [-0.1, -0.05) is 18.2 Å². The Bertz CT molecular complexity index is 1020. The summed E-state index contributed by atoms with van der Waals surface area (Å²) in [6, 6.07) is 11.1. The van der Waals surface area contributed by atoms with Crippen molar-refractivity contribution < 1.29 is 17.6 Å². The fraction of sp³-hybridized carbons (Fsp3) is 0.429. The molecule has 6 nitrogen and oxygen atoms in total. The highest BCUT2D eigenvalue weighted by atomic mass is 32.2. The van der Waals surface area contributed by atoms with Gasteiger partial charge in [0.15, 0.2) is 0 Å². The van der Waals surface area contributed by atoms with Gasteiger partial charge < -0.3 is 4.90 Å². The number of hydrogen-bond acceptors (Lipinski definition) is 4. The maximum absolute atomic E-state index is 13.6. The molecule has 1 saturated heterocycles. The van der Waals surface area contributed by atoms with Crippen LogP contribution in [0.25, 0.3) is 11.3 Å². The van der Waals surface area contributed by atoms with Crippen LogP contribution in [0.1, 0.15) is 25.0 Å². The molecule has 1 aromatic heterocycles. The van der Waals surface area contributed by atoms with Crippen LogP contribution in [0, 0.1) is 11.7 Å². The SMILES string of the molecule is CS(=O)(=O)N[C@@H]1CCN(C(=O)C2CC2)[C@@H]1Cc1cccc(-c2cccc(F)c2)n1. The fourth-order valence-corrected chi connectivity index (χ4v) is 4.80. The molecule has 2 heterocycles. The lowest BCUT2D eigenvalue weighted by Crippen LogP contribution is -2.48. The minimum atomic E-state index is -3.39. The van der Waals surface area contributed by atoms with Crippen molar-refractivity contribution >= 4 is 15.9 Å². The number of sulfonamides is 1. The van der Waals surface area contributed by atoms with E-state index in [2.05, 4.69) is 9.71 Å². The predicted octanol–water partition coefficient (Wildman–Crippen LogP) is 2.36. The molecular formula is C21H24FN3O3S. The van der Waals surface area contributed by atoms with Crippen molar-refractivity contribution in [3.8, 4) is 11.3 Å². The lowest BCUT2D eigenvalue weighted by atomic mass is 10.0. The Hall–Kier alpha value is -2.32. The number of halogens is 1. The lowest BCUT2D eigenvalue weighted by Gasteiger charge is -2.28. The van der Waals surface area contributed by atoms with Gasteiger partial charge in [0.05, 0.1) is 18.0 Å². The van der Waals surface area contributed by atoms with Crippen LogP contribution >= 0.6 is 0 Å². The van der Waals surface area contributed by atoms with Crippen LogP contribution in [-0.4, -0.2) is 49.1 Å². The zero-order valence-electron chi connectivity index (χ0n) is 16.2. The van der Waals surface area contributed by atoms with E-state index in [-0.39, 0.29) is 29.7 Å². The molecule has 8 heteroatoms. The molecule has 1 aliphatic carbocycles. The highest BCUT2D eigenvalue weighted by molar-refractivity contribution is 7.88. The molecule has 2 atom stereocenters. The minimum Gasteiger partial charge on any atom is -0.337 e. The first-order chi connectivity index (χ1) is 13.8. The number of likely N-dealkylation sites (tertiary alicyclic amines) is 1. The standard InChI is InChI=1S/C21H24FN3O3S/c1-29(27,28)24-19-10-11-25(21(26)14-8-9-14)20(19)13-17-6-3-7-18(23-17)15-4-2-5-16(22)12-15/h2-7,12,14,19-20,24H,8-11,13H2,1H3/t19-,20-/m1/s1. The number of hydrogen-bond donors (Lipinski definition) is 1. The normalized spacial score (nSPS) is 22.1. The van der Waals surface area contributed by atoms with Crippen LogP contribution in [0.3, 0.4) is 0 Å². The first-order valence-corrected chi connectivity index (χ1v) is 11.7. The number of nitrogens with one attached hydrogen (secondary N) is 1. The summed E-state index contributed by atoms with van der Waals surface area (Å²) in [5.74, 6) is -0.153. The van der Waals surface area contributed by atoms with Crippen LogP contribution in [0.2, 0.25) is 0 Å². The lowest BCUT2D eigenvalue weighted by molar-refractivity contribution is -0.133. The van der Waals surface area contributed by atoms with Gasteiger partial charge >= 0.3 is 0 Å². The molecule has 2 aromatic rings. The zero-order chi connectivity index (χ0) is 20.6. The highest BCUT2D eigenvalue weighted by Gasteiger charge is 2.43. The number of amides is 1. The van der Waals surface area contributed by atoms with Crippen molar-refractivity contribution in [2.24, 2.45) is 5.92 Å². The Morgan fingerprint density at radius 2 is 1.97 bits per heavy atom. The topological polar surface area (TPSA) is 79.4 Å². The van der Waals surface area contributed by atoms with Gasteiger partial charge in [0.2, 0.25) is 15.9 Å². The van der Waals surface area contributed by atoms with E-state index in [1.807, 2.05) is 23.1 Å². The van der Waals surface area contributed by atoms with Gasteiger partial charge in [-0.05, 0) is 43.5 Å². The minimum absolute atomic E-state index is 0.0704. The summed E-state index contributed by atoms with van der Waals surface area (Å²) in [5, 5.41) is 0. The van der Waals surface area contributed by atoms with Gasteiger partial charge in [-0.15, -0.1) is 0 Å². The molecule has 1 saturated carbocycles. The quantitative estimate of drug-likeness (QED) is 0.783. The summed E-state index contributed by atoms with van der Waals surface area (Å²) in [6.45, 7) is 0.538. The number of nitrogens with zero attached hydrogens (tertiary/aromatic N) is 2. The van der Waals surface area contributed by atoms with Crippen LogP contribution in [0.4, 0.5) is 4.39 Å². The number of rotatable bonds is 6. The molecular weight excluding hydrogens is 393 g/mol. The van der Waals surface area contributed by atoms with E-state index in [0.717, 1.165) is 24.8 Å². The third kappa shape index (κ3) is 4.82. The van der Waals surface area contributed by atoms with Crippen molar-refractivity contribution in [2.45, 2.75) is 37.8 Å². The molecule has 154 valence electrons. The van der Waals surface area contributed by atoms with Crippen molar-refractivity contribution in [3.63, 3.8) is 0 Å². The Balaban J connectivity index is 1.60. The first-order valence-electron chi connectivity index (χ1n) is 9.80. The van der Waals surface area contributed by atoms with Crippen molar-refractivity contribution in [1.82, 2.24) is 14.6 Å². The fourth-order valence-electron chi connectivity index (χ4n) is 3.97. The molecule has 0 radical (unpaired) electrons. The summed E-state index contributed by atoms with van der Waals surface area (Å²) in [5.41, 5.74) is 2.07. The smallest absolute Gasteiger partial charge is 0.225 e. The van der Waals surface area contributed by atoms with Crippen LogP contribution in [-0.2, 0) is 21.2 Å². The van der Waals surface area contributed by atoms with Gasteiger partial charge in [0, 0.05) is 36.2 Å². The Labute approximate surface area is 170 Å². The molecule has 29 heavy (non-hydrogen) atoms. The van der Waals surface area contributed by atoms with Gasteiger partial charge in [0.1, 0.15) is 5.82 Å². The van der Waals surface area contributed by atoms with E-state index < -0.39 is 10.0 Å². The predicted molar refractivity (Wildman–Crippen MR) is 108 cm³/mol. The molecule has 1 N–H and O–H groups in total. The van der Waals surface area contributed by atoms with Gasteiger partial charge in [-0.3, -0.25) is 9.78 Å². The second-order valence-electron chi connectivity index (χ2n) is 7.89. The molecule has 1 amide bonds. The zero-order valence-corrected chi connectivity index (χ0v) is 17.0. The van der Waals surface area contributed by atoms with Crippen molar-refractivity contribution in [1.29, 1.82) is 0 Å². The number of carbonyl (C=O) groups excluding carboxylic acids is 1. The highest BCUT2D eigenvalue weighted by Crippen LogP contribution is 2.34. The Kier molecular flexibility index (Phi) is 5.40. The molecule has 2 fully saturated rings. The molecule has 0 spiro atoms. The molecule has 2 aliphatic rings. The second-order valence-corrected chi connectivity index (χ2v) is 9.67. The summed E-state index contributed by atoms with van der Waals surface area (Å²) in [7, 11) is -3.39. The van der Waals surface area contributed by atoms with Crippen molar-refractivity contribution in [2.75, 3.05) is 12.8 Å². The summed E-state index contributed by atoms with van der Waals surface area (Å²) < 4.78 is 39.9. The van der Waals surface area contributed by atoms with Gasteiger partial charge in [-0.2, -0.15) is 0 Å². The van der Waals surface area contributed by atoms with Gasteiger partial charge in [-0.25, -0.2) is 17.5 Å². The molecule has 1 aliphatic heterocycles. The van der Waals surface area contributed by atoms with Crippen molar-refractivity contribution in [3.05, 3.63) is 54.0 Å². The van der Waals surface area contributed by atoms with E-state index in [0.29, 0.717) is 30.6 Å². The summed E-state index contributed by atoms with van der Waals surface area (Å²) in [4.78, 5) is 19.2. The summed E-state index contributed by atoms with van der Waals surface area (Å²) >= 11 is 0. The Morgan fingerprint density at radius 1 is 1.21 bits per heavy atom. The maximum atomic E-state index is 13.6. The molecule has 0 unspecified atom stereocenters. The summed E-state index contributed by atoms with van der Waals surface area (Å²) in [6.07, 6.45) is 3.96. The van der Waals surface area contributed by atoms with Crippen LogP contribution in [0.5, 0.6) is 0 Å². The first kappa shape index (κ1) is 20.0. The number of carbonyl (C=O) groups is 1. The molecule has 4 rings (SSSR count). The molecule has 1 aromatic carbocycles. The van der Waals surface area contributed by atoms with Gasteiger partial charge in [0.25, 0.3) is 0 Å². The average Bonchev–Trinajstić information content (AvgIpc) is 3.45. The van der Waals surface area contributed by atoms with E-state index in [9.17, 15) is 17.6 Å². The largest absolute Gasteiger partial charge is 0.337 e. The number of aromatic nitrogens is 1. The third-order valence-corrected chi connectivity index (χ3v) is 6.20. The van der Waals surface area contributed by atoms with E-state index in [1.165, 1.54) is 12.1 Å². The third-order valence-electron chi connectivity index (χ3n) is 5.47. The second kappa shape index (κ2) is 7.84. The average molecular weight is 418 g/mol. The number of pyridine rings is 1. The van der Waals surface area contributed by atoms with E-state index in [4.69, 9.17) is 0 Å².